The van der Waals surface area contributed by atoms with Crippen LogP contribution in [0.15, 0.2) is 53.4 Å². The number of nitrogens with zero attached hydrogens (tertiary/aromatic N) is 2. The number of hydrogen-bond acceptors (Lipinski definition) is 5. The number of benzene rings is 2. The Bertz CT molecular complexity index is 1080. The van der Waals surface area contributed by atoms with E-state index in [2.05, 4.69) is 5.32 Å². The molecule has 1 heterocycles. The molecular weight excluding hydrogens is 416 g/mol. The molecule has 1 aliphatic heterocycles. The van der Waals surface area contributed by atoms with Crippen LogP contribution in [0.3, 0.4) is 0 Å². The van der Waals surface area contributed by atoms with Gasteiger partial charge in [0, 0.05) is 26.2 Å². The molecule has 3 N–H and O–H groups in total. The molecule has 0 spiro atoms. The van der Waals surface area contributed by atoms with Crippen LogP contribution in [0.4, 0.5) is 4.79 Å². The minimum atomic E-state index is -3.60. The summed E-state index contributed by atoms with van der Waals surface area (Å²) in [5.74, 6) is -0.520. The highest BCUT2D eigenvalue weighted by Gasteiger charge is 2.35. The summed E-state index contributed by atoms with van der Waals surface area (Å²) in [7, 11) is -3.60. The highest BCUT2D eigenvalue weighted by atomic mass is 32.2. The molecule has 8 nitrogen and oxygen atoms in total. The van der Waals surface area contributed by atoms with Crippen molar-refractivity contribution in [2.45, 2.75) is 30.2 Å². The van der Waals surface area contributed by atoms with Crippen molar-refractivity contribution < 1.29 is 18.0 Å². The van der Waals surface area contributed by atoms with Crippen LogP contribution in [0.2, 0.25) is 0 Å². The minimum Gasteiger partial charge on any atom is -0.351 e. The highest BCUT2D eigenvalue weighted by Crippen LogP contribution is 2.28. The number of piperazine rings is 1. The van der Waals surface area contributed by atoms with Crippen molar-refractivity contribution in [3.8, 4) is 0 Å². The Morgan fingerprint density at radius 1 is 0.935 bits per heavy atom. The van der Waals surface area contributed by atoms with E-state index in [1.165, 1.54) is 9.87 Å². The van der Waals surface area contributed by atoms with Crippen LogP contribution >= 0.6 is 0 Å². The van der Waals surface area contributed by atoms with E-state index in [0.29, 0.717) is 18.0 Å². The zero-order valence-corrected chi connectivity index (χ0v) is 18.0. The molecule has 2 aliphatic rings. The molecule has 2 aromatic carbocycles. The Kier molecular flexibility index (Phi) is 6.08. The van der Waals surface area contributed by atoms with Gasteiger partial charge in [-0.2, -0.15) is 4.31 Å². The first-order valence-electron chi connectivity index (χ1n) is 10.4. The molecule has 1 aliphatic carbocycles. The lowest BCUT2D eigenvalue weighted by molar-refractivity contribution is -0.126. The monoisotopic (exact) mass is 442 g/mol. The Labute approximate surface area is 182 Å². The highest BCUT2D eigenvalue weighted by molar-refractivity contribution is 7.89. The standard InChI is InChI=1S/C22H26N4O4S/c23-22(28)24-21(27)20(17-5-2-1-3-6-17)25-11-13-26(14-12-25)31(29,30)19-10-9-16-7-4-8-18(16)15-19/h1-3,5-6,9-10,15,20H,4,7-8,11-14H2,(H3,23,24,27,28). The van der Waals surface area contributed by atoms with Crippen LogP contribution in [0.25, 0.3) is 0 Å². The normalized spacial score (nSPS) is 18.3. The fraction of sp³-hybridized carbons (Fsp3) is 0.364. The summed E-state index contributed by atoms with van der Waals surface area (Å²) in [6.45, 7) is 1.23. The van der Waals surface area contributed by atoms with E-state index >= 15 is 0 Å². The number of urea groups is 1. The van der Waals surface area contributed by atoms with E-state index < -0.39 is 28.0 Å². The first-order chi connectivity index (χ1) is 14.9. The second-order valence-corrected chi connectivity index (χ2v) is 9.83. The molecule has 2 aromatic rings. The molecule has 3 amide bonds. The van der Waals surface area contributed by atoms with Gasteiger partial charge in [-0.15, -0.1) is 0 Å². The summed E-state index contributed by atoms with van der Waals surface area (Å²) in [6.07, 6.45) is 2.98. The maximum absolute atomic E-state index is 13.2. The van der Waals surface area contributed by atoms with Gasteiger partial charge in [-0.1, -0.05) is 36.4 Å². The number of rotatable bonds is 5. The Morgan fingerprint density at radius 3 is 2.29 bits per heavy atom. The Hall–Kier alpha value is -2.75. The number of hydrogen-bond donors (Lipinski definition) is 2. The lowest BCUT2D eigenvalue weighted by Gasteiger charge is -2.38. The van der Waals surface area contributed by atoms with E-state index in [1.54, 1.807) is 24.3 Å². The van der Waals surface area contributed by atoms with Gasteiger partial charge in [0.05, 0.1) is 4.90 Å². The molecule has 1 unspecified atom stereocenters. The van der Waals surface area contributed by atoms with Gasteiger partial charge in [-0.3, -0.25) is 15.0 Å². The lowest BCUT2D eigenvalue weighted by atomic mass is 10.0. The predicted octanol–water partition coefficient (Wildman–Crippen LogP) is 1.42. The number of fused-ring (bicyclic) bond motifs is 1. The molecular formula is C22H26N4O4S. The molecule has 0 aromatic heterocycles. The second kappa shape index (κ2) is 8.78. The van der Waals surface area contributed by atoms with Crippen molar-refractivity contribution in [3.05, 3.63) is 65.2 Å². The SMILES string of the molecule is NC(=O)NC(=O)C(c1ccccc1)N1CCN(S(=O)(=O)c2ccc3c(c2)CCC3)CC1. The number of imide groups is 1. The summed E-state index contributed by atoms with van der Waals surface area (Å²) >= 11 is 0. The van der Waals surface area contributed by atoms with Gasteiger partial charge in [0.1, 0.15) is 6.04 Å². The summed E-state index contributed by atoms with van der Waals surface area (Å²) in [4.78, 5) is 26.1. The maximum Gasteiger partial charge on any atom is 0.318 e. The smallest absolute Gasteiger partial charge is 0.318 e. The number of nitrogens with two attached hydrogens (primary N) is 1. The van der Waals surface area contributed by atoms with Crippen LogP contribution < -0.4 is 11.1 Å². The second-order valence-electron chi connectivity index (χ2n) is 7.89. The topological polar surface area (TPSA) is 113 Å². The lowest BCUT2D eigenvalue weighted by Crippen LogP contribution is -2.53. The van der Waals surface area contributed by atoms with Crippen LogP contribution in [-0.2, 0) is 27.7 Å². The number of primary amides is 1. The third-order valence-corrected chi connectivity index (χ3v) is 7.85. The van der Waals surface area contributed by atoms with Crippen molar-refractivity contribution in [2.24, 2.45) is 5.73 Å². The first kappa shape index (κ1) is 21.5. The Morgan fingerprint density at radius 2 is 1.61 bits per heavy atom. The molecule has 1 fully saturated rings. The van der Waals surface area contributed by atoms with Crippen molar-refractivity contribution in [3.63, 3.8) is 0 Å². The molecule has 1 atom stereocenters. The third kappa shape index (κ3) is 4.48. The zero-order chi connectivity index (χ0) is 22.0. The maximum atomic E-state index is 13.2. The Balaban J connectivity index is 1.50. The van der Waals surface area contributed by atoms with Crippen LogP contribution in [0, 0.1) is 0 Å². The number of nitrogens with one attached hydrogen (secondary N) is 1. The van der Waals surface area contributed by atoms with Crippen LogP contribution in [-0.4, -0.2) is 55.7 Å². The van der Waals surface area contributed by atoms with Gasteiger partial charge in [-0.05, 0) is 48.1 Å². The van der Waals surface area contributed by atoms with Gasteiger partial charge in [0.25, 0.3) is 0 Å². The molecule has 4 rings (SSSR count). The number of carbonyl (C=O) groups excluding carboxylic acids is 2. The molecule has 31 heavy (non-hydrogen) atoms. The fourth-order valence-electron chi connectivity index (χ4n) is 4.41. The predicted molar refractivity (Wildman–Crippen MR) is 116 cm³/mol. The molecule has 164 valence electrons. The molecule has 0 bridgehead atoms. The largest absolute Gasteiger partial charge is 0.351 e. The van der Waals surface area contributed by atoms with Gasteiger partial charge in [0.2, 0.25) is 15.9 Å². The van der Waals surface area contributed by atoms with Crippen molar-refractivity contribution in [1.82, 2.24) is 14.5 Å². The quantitative estimate of drug-likeness (QED) is 0.727. The number of amides is 3. The summed E-state index contributed by atoms with van der Waals surface area (Å²) < 4.78 is 27.8. The van der Waals surface area contributed by atoms with Crippen molar-refractivity contribution in [2.75, 3.05) is 26.2 Å². The average Bonchev–Trinajstić information content (AvgIpc) is 3.22. The summed E-state index contributed by atoms with van der Waals surface area (Å²) in [5, 5.41) is 2.16. The first-order valence-corrected chi connectivity index (χ1v) is 11.8. The molecule has 0 saturated carbocycles. The van der Waals surface area contributed by atoms with E-state index in [9.17, 15) is 18.0 Å². The number of aryl methyl sites for hydroxylation is 2. The fourth-order valence-corrected chi connectivity index (χ4v) is 5.89. The van der Waals surface area contributed by atoms with Crippen LogP contribution in [0.5, 0.6) is 0 Å². The van der Waals surface area contributed by atoms with Gasteiger partial charge < -0.3 is 5.73 Å². The summed E-state index contributed by atoms with van der Waals surface area (Å²) in [6, 6.07) is 12.9. The number of carbonyl (C=O) groups is 2. The summed E-state index contributed by atoms with van der Waals surface area (Å²) in [5.41, 5.74) is 8.21. The van der Waals surface area contributed by atoms with Crippen LogP contribution in [0.1, 0.15) is 29.2 Å². The van der Waals surface area contributed by atoms with E-state index in [4.69, 9.17) is 5.73 Å². The molecule has 0 radical (unpaired) electrons. The van der Waals surface area contributed by atoms with Crippen molar-refractivity contribution in [1.29, 1.82) is 0 Å². The van der Waals surface area contributed by atoms with Crippen molar-refractivity contribution >= 4 is 22.0 Å². The number of sulfonamides is 1. The molecule has 9 heteroatoms. The molecule has 1 saturated heterocycles. The average molecular weight is 443 g/mol. The van der Waals surface area contributed by atoms with Gasteiger partial charge >= 0.3 is 6.03 Å². The zero-order valence-electron chi connectivity index (χ0n) is 17.2. The van der Waals surface area contributed by atoms with E-state index in [-0.39, 0.29) is 13.1 Å². The van der Waals surface area contributed by atoms with Gasteiger partial charge in [0.15, 0.2) is 0 Å². The third-order valence-electron chi connectivity index (χ3n) is 5.96. The van der Waals surface area contributed by atoms with E-state index in [1.807, 2.05) is 29.2 Å². The van der Waals surface area contributed by atoms with E-state index in [0.717, 1.165) is 30.4 Å². The van der Waals surface area contributed by atoms with Gasteiger partial charge in [-0.25, -0.2) is 13.2 Å². The minimum absolute atomic E-state index is 0.257.